The molecule has 0 unspecified atom stereocenters. The predicted octanol–water partition coefficient (Wildman–Crippen LogP) is 4.74. The highest BCUT2D eigenvalue weighted by Crippen LogP contribution is 2.32. The Labute approximate surface area is 180 Å². The molecule has 1 aliphatic rings. The first-order valence-corrected chi connectivity index (χ1v) is 10.4. The van der Waals surface area contributed by atoms with Crippen LogP contribution >= 0.6 is 11.6 Å². The summed E-state index contributed by atoms with van der Waals surface area (Å²) in [6.45, 7) is 0. The number of carbonyl (C=O) groups is 1. The van der Waals surface area contributed by atoms with Crippen LogP contribution in [0.15, 0.2) is 60.8 Å². The number of benzene rings is 2. The maximum Gasteiger partial charge on any atom is 0.250 e. The van der Waals surface area contributed by atoms with Crippen molar-refractivity contribution in [3.05, 3.63) is 71.4 Å². The molecule has 4 rings (SSSR count). The molecule has 0 radical (unpaired) electrons. The number of rotatable bonds is 6. The highest BCUT2D eigenvalue weighted by atomic mass is 35.5. The fraction of sp³-hybridized carbons (Fsp3) is 0.261. The van der Waals surface area contributed by atoms with E-state index in [0.29, 0.717) is 27.9 Å². The average Bonchev–Trinajstić information content (AvgIpc) is 3.19. The molecule has 7 heteroatoms. The molecular formula is C23H24ClN3O3. The number of halogens is 1. The minimum atomic E-state index is -0.486. The van der Waals surface area contributed by atoms with Crippen molar-refractivity contribution in [3.8, 4) is 17.3 Å². The van der Waals surface area contributed by atoms with Crippen LogP contribution in [0.1, 0.15) is 36.0 Å². The van der Waals surface area contributed by atoms with Crippen molar-refractivity contribution < 1.29 is 14.6 Å². The van der Waals surface area contributed by atoms with Gasteiger partial charge in [0.05, 0.1) is 22.4 Å². The van der Waals surface area contributed by atoms with Gasteiger partial charge in [0.15, 0.2) is 0 Å². The molecular weight excluding hydrogens is 402 g/mol. The zero-order chi connectivity index (χ0) is 21.1. The van der Waals surface area contributed by atoms with Gasteiger partial charge in [0.1, 0.15) is 5.75 Å². The third kappa shape index (κ3) is 4.45. The summed E-state index contributed by atoms with van der Waals surface area (Å²) < 4.78 is 7.88. The van der Waals surface area contributed by atoms with Gasteiger partial charge in [-0.3, -0.25) is 9.36 Å². The zero-order valence-electron chi connectivity index (χ0n) is 16.4. The smallest absolute Gasteiger partial charge is 0.250 e. The number of primary amides is 1. The van der Waals surface area contributed by atoms with E-state index in [1.165, 1.54) is 0 Å². The van der Waals surface area contributed by atoms with Crippen molar-refractivity contribution >= 4 is 23.2 Å². The van der Waals surface area contributed by atoms with Crippen molar-refractivity contribution in [3.63, 3.8) is 0 Å². The number of nitrogens with two attached hydrogens (primary N) is 1. The molecule has 0 bridgehead atoms. The van der Waals surface area contributed by atoms with Crippen LogP contribution in [0.5, 0.6) is 11.6 Å². The van der Waals surface area contributed by atoms with Crippen LogP contribution in [0.25, 0.3) is 5.69 Å². The van der Waals surface area contributed by atoms with Gasteiger partial charge < -0.3 is 20.9 Å². The highest BCUT2D eigenvalue weighted by molar-refractivity contribution is 6.32. The summed E-state index contributed by atoms with van der Waals surface area (Å²) in [5, 5.41) is 13.7. The van der Waals surface area contributed by atoms with E-state index in [4.69, 9.17) is 22.1 Å². The Balaban J connectivity index is 1.63. The lowest BCUT2D eigenvalue weighted by Crippen LogP contribution is -2.29. The first-order valence-electron chi connectivity index (χ1n) is 10.00. The number of aliphatic hydroxyl groups excluding tert-OH is 1. The number of nitrogens with zero attached hydrogens (tertiary/aromatic N) is 1. The Hall–Kier alpha value is -2.96. The van der Waals surface area contributed by atoms with E-state index in [1.807, 2.05) is 47.2 Å². The molecule has 0 aliphatic heterocycles. The van der Waals surface area contributed by atoms with E-state index in [2.05, 4.69) is 5.32 Å². The minimum Gasteiger partial charge on any atom is -0.439 e. The second-order valence-corrected chi connectivity index (χ2v) is 7.90. The molecule has 1 amide bonds. The van der Waals surface area contributed by atoms with Crippen LogP contribution < -0.4 is 15.8 Å². The van der Waals surface area contributed by atoms with Crippen LogP contribution in [-0.2, 0) is 0 Å². The van der Waals surface area contributed by atoms with Gasteiger partial charge in [-0.05, 0) is 62.1 Å². The van der Waals surface area contributed by atoms with E-state index < -0.39 is 5.91 Å². The number of hydrogen-bond acceptors (Lipinski definition) is 4. The molecule has 156 valence electrons. The van der Waals surface area contributed by atoms with E-state index in [0.717, 1.165) is 31.4 Å². The van der Waals surface area contributed by atoms with E-state index in [1.54, 1.807) is 18.2 Å². The number of hydrogen-bond donors (Lipinski definition) is 3. The van der Waals surface area contributed by atoms with Crippen molar-refractivity contribution in [2.75, 3.05) is 5.32 Å². The first kappa shape index (κ1) is 20.3. The minimum absolute atomic E-state index is 0.185. The second kappa shape index (κ2) is 8.81. The lowest BCUT2D eigenvalue weighted by Gasteiger charge is -2.28. The summed E-state index contributed by atoms with van der Waals surface area (Å²) in [5.74, 6) is 0.675. The van der Waals surface area contributed by atoms with Gasteiger partial charge in [0.2, 0.25) is 5.88 Å². The van der Waals surface area contributed by atoms with E-state index >= 15 is 0 Å². The Morgan fingerprint density at radius 3 is 2.60 bits per heavy atom. The number of amides is 1. The largest absolute Gasteiger partial charge is 0.439 e. The molecule has 1 fully saturated rings. The molecule has 4 N–H and O–H groups in total. The summed E-state index contributed by atoms with van der Waals surface area (Å²) in [5.41, 5.74) is 7.53. The number of para-hydroxylation sites is 1. The quantitative estimate of drug-likeness (QED) is 0.532. The molecule has 1 saturated carbocycles. The summed E-state index contributed by atoms with van der Waals surface area (Å²) in [4.78, 5) is 12.0. The molecule has 6 nitrogen and oxygen atoms in total. The van der Waals surface area contributed by atoms with Crippen molar-refractivity contribution in [2.45, 2.75) is 37.8 Å². The van der Waals surface area contributed by atoms with E-state index in [9.17, 15) is 9.90 Å². The fourth-order valence-electron chi connectivity index (χ4n) is 3.76. The van der Waals surface area contributed by atoms with Gasteiger partial charge in [0, 0.05) is 24.0 Å². The maximum atomic E-state index is 12.0. The Bertz CT molecular complexity index is 1040. The van der Waals surface area contributed by atoms with E-state index in [-0.39, 0.29) is 12.1 Å². The first-order chi connectivity index (χ1) is 14.5. The van der Waals surface area contributed by atoms with Crippen LogP contribution in [0.3, 0.4) is 0 Å². The van der Waals surface area contributed by atoms with Crippen LogP contribution in [0.4, 0.5) is 5.69 Å². The molecule has 3 aromatic rings. The third-order valence-electron chi connectivity index (χ3n) is 5.37. The number of aromatic nitrogens is 1. The topological polar surface area (TPSA) is 89.5 Å². The van der Waals surface area contributed by atoms with Gasteiger partial charge in [-0.25, -0.2) is 0 Å². The van der Waals surface area contributed by atoms with Gasteiger partial charge in [0.25, 0.3) is 5.91 Å². The highest BCUT2D eigenvalue weighted by Gasteiger charge is 2.21. The fourth-order valence-corrected chi connectivity index (χ4v) is 3.93. The van der Waals surface area contributed by atoms with Gasteiger partial charge >= 0.3 is 0 Å². The molecule has 2 aromatic carbocycles. The van der Waals surface area contributed by atoms with Crippen molar-refractivity contribution in [1.29, 1.82) is 0 Å². The van der Waals surface area contributed by atoms with Crippen LogP contribution in [0, 0.1) is 0 Å². The summed E-state index contributed by atoms with van der Waals surface area (Å²) >= 11 is 6.23. The SMILES string of the molecule is NC(=O)c1ccc(-n2cccc2Oc2ccccc2Cl)cc1N[C@H]1CC[C@H](O)CC1. The lowest BCUT2D eigenvalue weighted by molar-refractivity contribution is 0.100. The molecule has 1 heterocycles. The summed E-state index contributed by atoms with van der Waals surface area (Å²) in [7, 11) is 0. The molecule has 0 spiro atoms. The second-order valence-electron chi connectivity index (χ2n) is 7.49. The third-order valence-corrected chi connectivity index (χ3v) is 5.68. The monoisotopic (exact) mass is 425 g/mol. The lowest BCUT2D eigenvalue weighted by atomic mass is 9.92. The average molecular weight is 426 g/mol. The Kier molecular flexibility index (Phi) is 5.97. The Morgan fingerprint density at radius 1 is 1.10 bits per heavy atom. The summed E-state index contributed by atoms with van der Waals surface area (Å²) in [6.07, 6.45) is 4.82. The standard InChI is InChI=1S/C23H24ClN3O3/c24-19-4-1-2-5-21(19)30-22-6-3-13-27(22)16-9-12-18(23(25)29)20(14-16)26-15-7-10-17(28)11-8-15/h1-6,9,12-15,17,26,28H,7-8,10-11H2,(H2,25,29)/t15-,17-. The van der Waals surface area contributed by atoms with Crippen molar-refractivity contribution in [1.82, 2.24) is 4.57 Å². The summed E-state index contributed by atoms with van der Waals surface area (Å²) in [6, 6.07) is 16.6. The zero-order valence-corrected chi connectivity index (χ0v) is 17.2. The molecule has 0 saturated heterocycles. The van der Waals surface area contributed by atoms with Crippen LogP contribution in [0.2, 0.25) is 5.02 Å². The number of carbonyl (C=O) groups excluding carboxylic acids is 1. The number of nitrogens with one attached hydrogen (secondary N) is 1. The molecule has 1 aromatic heterocycles. The van der Waals surface area contributed by atoms with Gasteiger partial charge in [-0.1, -0.05) is 23.7 Å². The predicted molar refractivity (Wildman–Crippen MR) is 118 cm³/mol. The molecule has 1 aliphatic carbocycles. The maximum absolute atomic E-state index is 12.0. The number of anilines is 1. The van der Waals surface area contributed by atoms with Gasteiger partial charge in [-0.2, -0.15) is 0 Å². The molecule has 30 heavy (non-hydrogen) atoms. The van der Waals surface area contributed by atoms with Crippen molar-refractivity contribution in [2.24, 2.45) is 5.73 Å². The number of aliphatic hydroxyl groups is 1. The Morgan fingerprint density at radius 2 is 1.87 bits per heavy atom. The molecule has 0 atom stereocenters. The number of ether oxygens (including phenoxy) is 1. The van der Waals surface area contributed by atoms with Crippen LogP contribution in [-0.4, -0.2) is 27.7 Å². The van der Waals surface area contributed by atoms with Gasteiger partial charge in [-0.15, -0.1) is 0 Å². The normalized spacial score (nSPS) is 18.7.